The summed E-state index contributed by atoms with van der Waals surface area (Å²) in [6, 6.07) is 8.16. The fourth-order valence-corrected chi connectivity index (χ4v) is 3.67. The highest BCUT2D eigenvalue weighted by Gasteiger charge is 2.32. The smallest absolute Gasteiger partial charge is 0.231 e. The summed E-state index contributed by atoms with van der Waals surface area (Å²) >= 11 is 12.4. The Balaban J connectivity index is 1.93. The van der Waals surface area contributed by atoms with Crippen molar-refractivity contribution in [2.75, 3.05) is 40.5 Å². The molecule has 0 radical (unpaired) electrons. The zero-order valence-electron chi connectivity index (χ0n) is 16.8. The van der Waals surface area contributed by atoms with Gasteiger partial charge in [0.1, 0.15) is 11.5 Å². The van der Waals surface area contributed by atoms with Crippen LogP contribution in [0.1, 0.15) is 21.5 Å². The third-order valence-electron chi connectivity index (χ3n) is 4.80. The number of fused-ring (bicyclic) bond motifs is 1. The average molecular weight is 452 g/mol. The maximum Gasteiger partial charge on any atom is 0.231 e. The molecule has 2 aromatic carbocycles. The van der Waals surface area contributed by atoms with Crippen molar-refractivity contribution in [3.63, 3.8) is 0 Å². The van der Waals surface area contributed by atoms with Crippen LogP contribution >= 0.6 is 23.2 Å². The van der Waals surface area contributed by atoms with Gasteiger partial charge in [-0.3, -0.25) is 9.69 Å². The van der Waals surface area contributed by atoms with Crippen molar-refractivity contribution < 1.29 is 24.1 Å². The van der Waals surface area contributed by atoms with Gasteiger partial charge < -0.3 is 19.3 Å². The Hall–Kier alpha value is -2.09. The number of rotatable bonds is 9. The van der Waals surface area contributed by atoms with E-state index in [4.69, 9.17) is 37.4 Å². The Morgan fingerprint density at radius 3 is 2.30 bits per heavy atom. The molecule has 0 amide bonds. The largest absolute Gasteiger partial charge is 0.507 e. The minimum absolute atomic E-state index is 0.0541. The third kappa shape index (κ3) is 4.96. The van der Waals surface area contributed by atoms with Crippen molar-refractivity contribution in [1.82, 2.24) is 4.90 Å². The van der Waals surface area contributed by atoms with Gasteiger partial charge in [0.05, 0.1) is 24.3 Å². The fourth-order valence-electron chi connectivity index (χ4n) is 3.16. The SMILES string of the molecule is COCCN(CCOC)Cc1c(O)ccc2c1OC(=Cc1c(Cl)cccc1Cl)C2=O. The molecule has 0 saturated heterocycles. The summed E-state index contributed by atoms with van der Waals surface area (Å²) in [7, 11) is 3.26. The number of ether oxygens (including phenoxy) is 3. The second-order valence-electron chi connectivity index (χ2n) is 6.78. The topological polar surface area (TPSA) is 68.2 Å². The van der Waals surface area contributed by atoms with Crippen LogP contribution in [-0.2, 0) is 16.0 Å². The number of nitrogens with zero attached hydrogens (tertiary/aromatic N) is 1. The van der Waals surface area contributed by atoms with Crippen molar-refractivity contribution in [2.45, 2.75) is 6.54 Å². The summed E-state index contributed by atoms with van der Waals surface area (Å²) in [4.78, 5) is 15.0. The molecule has 6 nitrogen and oxygen atoms in total. The molecule has 8 heteroatoms. The molecule has 1 N–H and O–H groups in total. The zero-order valence-corrected chi connectivity index (χ0v) is 18.3. The molecule has 30 heavy (non-hydrogen) atoms. The van der Waals surface area contributed by atoms with E-state index in [2.05, 4.69) is 4.90 Å². The number of hydrogen-bond acceptors (Lipinski definition) is 6. The molecule has 1 aliphatic rings. The van der Waals surface area contributed by atoms with Crippen LogP contribution < -0.4 is 4.74 Å². The van der Waals surface area contributed by atoms with Crippen LogP contribution in [0.15, 0.2) is 36.1 Å². The standard InChI is InChI=1S/C22H23Cl2NO5/c1-28-10-8-25(9-11-29-2)13-16-19(26)7-6-14-21(27)20(30-22(14)16)12-15-17(23)4-3-5-18(15)24/h3-7,12,26H,8-11,13H2,1-2H3. The van der Waals surface area contributed by atoms with Gasteiger partial charge in [0.15, 0.2) is 5.76 Å². The van der Waals surface area contributed by atoms with E-state index >= 15 is 0 Å². The average Bonchev–Trinajstić information content (AvgIpc) is 3.04. The Kier molecular flexibility index (Phi) is 7.75. The number of benzene rings is 2. The van der Waals surface area contributed by atoms with Crippen molar-refractivity contribution in [1.29, 1.82) is 0 Å². The number of phenolic OH excluding ortho intramolecular Hbond substituents is 1. The molecule has 2 aromatic rings. The summed E-state index contributed by atoms with van der Waals surface area (Å²) < 4.78 is 16.2. The molecule has 0 aliphatic carbocycles. The number of phenols is 1. The number of Topliss-reactive ketones (excluding diaryl/α,β-unsaturated/α-hetero) is 1. The van der Waals surface area contributed by atoms with E-state index in [0.717, 1.165) is 0 Å². The van der Waals surface area contributed by atoms with Gasteiger partial charge >= 0.3 is 0 Å². The number of aromatic hydroxyl groups is 1. The summed E-state index contributed by atoms with van der Waals surface area (Å²) in [5.41, 5.74) is 1.42. The van der Waals surface area contributed by atoms with Crippen LogP contribution in [-0.4, -0.2) is 56.3 Å². The molecule has 0 unspecified atom stereocenters. The fraction of sp³-hybridized carbons (Fsp3) is 0.318. The van der Waals surface area contributed by atoms with Gasteiger partial charge in [-0.1, -0.05) is 29.3 Å². The molecule has 0 bridgehead atoms. The molecule has 0 atom stereocenters. The molecule has 0 saturated carbocycles. The second kappa shape index (κ2) is 10.3. The summed E-state index contributed by atoms with van der Waals surface area (Å²) in [5, 5.41) is 11.3. The van der Waals surface area contributed by atoms with E-state index in [9.17, 15) is 9.90 Å². The van der Waals surface area contributed by atoms with Crippen molar-refractivity contribution in [2.24, 2.45) is 0 Å². The van der Waals surface area contributed by atoms with Gasteiger partial charge in [-0.2, -0.15) is 0 Å². The lowest BCUT2D eigenvalue weighted by Gasteiger charge is -2.23. The quantitative estimate of drug-likeness (QED) is 0.569. The molecule has 0 aromatic heterocycles. The molecule has 0 fully saturated rings. The zero-order chi connectivity index (χ0) is 21.7. The van der Waals surface area contributed by atoms with Crippen molar-refractivity contribution in [3.8, 4) is 11.5 Å². The van der Waals surface area contributed by atoms with Gasteiger partial charge in [-0.15, -0.1) is 0 Å². The molecule has 160 valence electrons. The number of allylic oxidation sites excluding steroid dienone is 1. The number of methoxy groups -OCH3 is 2. The maximum atomic E-state index is 12.9. The predicted molar refractivity (Wildman–Crippen MR) is 117 cm³/mol. The van der Waals surface area contributed by atoms with Crippen LogP contribution in [0.3, 0.4) is 0 Å². The lowest BCUT2D eigenvalue weighted by molar-refractivity contribution is 0.101. The summed E-state index contributed by atoms with van der Waals surface area (Å²) in [6.07, 6.45) is 1.53. The highest BCUT2D eigenvalue weighted by Crippen LogP contribution is 2.41. The summed E-state index contributed by atoms with van der Waals surface area (Å²) in [5.74, 6) is 0.211. The minimum atomic E-state index is -0.289. The van der Waals surface area contributed by atoms with Gasteiger partial charge in [0, 0.05) is 49.5 Å². The predicted octanol–water partition coefficient (Wildman–Crippen LogP) is 4.41. The van der Waals surface area contributed by atoms with E-state index in [1.54, 1.807) is 38.5 Å². The normalized spacial score (nSPS) is 14.4. The lowest BCUT2D eigenvalue weighted by Crippen LogP contribution is -2.30. The molecular weight excluding hydrogens is 429 g/mol. The Labute approximate surface area is 185 Å². The number of hydrogen-bond donors (Lipinski definition) is 1. The molecular formula is C22H23Cl2NO5. The highest BCUT2D eigenvalue weighted by atomic mass is 35.5. The molecule has 0 spiro atoms. The minimum Gasteiger partial charge on any atom is -0.507 e. The first-order valence-electron chi connectivity index (χ1n) is 9.39. The number of halogens is 2. The third-order valence-corrected chi connectivity index (χ3v) is 5.46. The molecule has 3 rings (SSSR count). The van der Waals surface area contributed by atoms with Gasteiger partial charge in [0.25, 0.3) is 0 Å². The maximum absolute atomic E-state index is 12.9. The monoisotopic (exact) mass is 451 g/mol. The summed E-state index contributed by atoms with van der Waals surface area (Å²) in [6.45, 7) is 2.68. The highest BCUT2D eigenvalue weighted by molar-refractivity contribution is 6.37. The molecule has 1 aliphatic heterocycles. The van der Waals surface area contributed by atoms with Crippen LogP contribution in [0, 0.1) is 0 Å². The van der Waals surface area contributed by atoms with E-state index in [1.807, 2.05) is 0 Å². The van der Waals surface area contributed by atoms with Crippen LogP contribution in [0.25, 0.3) is 6.08 Å². The first kappa shape index (κ1) is 22.6. The number of carbonyl (C=O) groups excluding carboxylic acids is 1. The first-order chi connectivity index (χ1) is 14.5. The van der Waals surface area contributed by atoms with Crippen molar-refractivity contribution >= 4 is 35.1 Å². The number of ketones is 1. The Morgan fingerprint density at radius 2 is 1.70 bits per heavy atom. The molecule has 1 heterocycles. The van der Waals surface area contributed by atoms with Gasteiger partial charge in [0.2, 0.25) is 5.78 Å². The van der Waals surface area contributed by atoms with E-state index in [0.29, 0.717) is 65.3 Å². The van der Waals surface area contributed by atoms with Crippen molar-refractivity contribution in [3.05, 3.63) is 62.8 Å². The van der Waals surface area contributed by atoms with Crippen LogP contribution in [0.5, 0.6) is 11.5 Å². The van der Waals surface area contributed by atoms with Gasteiger partial charge in [-0.25, -0.2) is 0 Å². The van der Waals surface area contributed by atoms with Crippen LogP contribution in [0.4, 0.5) is 0 Å². The second-order valence-corrected chi connectivity index (χ2v) is 7.59. The lowest BCUT2D eigenvalue weighted by atomic mass is 10.0. The van der Waals surface area contributed by atoms with Gasteiger partial charge in [-0.05, 0) is 30.3 Å². The van der Waals surface area contributed by atoms with Crippen LogP contribution in [0.2, 0.25) is 10.0 Å². The first-order valence-corrected chi connectivity index (χ1v) is 10.1. The Bertz CT molecular complexity index is 933. The Morgan fingerprint density at radius 1 is 1.07 bits per heavy atom. The van der Waals surface area contributed by atoms with E-state index in [-0.39, 0.29) is 17.3 Å². The number of carbonyl (C=O) groups is 1. The van der Waals surface area contributed by atoms with E-state index < -0.39 is 0 Å². The van der Waals surface area contributed by atoms with E-state index in [1.165, 1.54) is 12.1 Å².